The molecule has 0 amide bonds. The minimum atomic E-state index is -0.00630. The molecule has 0 saturated heterocycles. The lowest BCUT2D eigenvalue weighted by molar-refractivity contribution is -0.114. The molecule has 1 rings (SSSR count). The molecule has 0 radical (unpaired) electrons. The fourth-order valence-electron chi connectivity index (χ4n) is 3.31. The highest BCUT2D eigenvalue weighted by molar-refractivity contribution is 5.92. The quantitative estimate of drug-likeness (QED) is 0.323. The van der Waals surface area contributed by atoms with Gasteiger partial charge in [-0.25, -0.2) is 0 Å². The number of aryl methyl sites for hydroxylation is 1. The zero-order chi connectivity index (χ0) is 27.1. The van der Waals surface area contributed by atoms with Crippen molar-refractivity contribution in [1.29, 1.82) is 0 Å². The largest absolute Gasteiger partial charge is 0.403 e. The third kappa shape index (κ3) is 11.8. The van der Waals surface area contributed by atoms with Gasteiger partial charge in [0.25, 0.3) is 0 Å². The topological polar surface area (TPSA) is 58.4 Å². The Morgan fingerprint density at radius 1 is 1.15 bits per heavy atom. The fraction of sp³-hybridized carbons (Fsp3) is 0.367. The highest BCUT2D eigenvalue weighted by Gasteiger charge is 2.14. The zero-order valence-corrected chi connectivity index (χ0v) is 22.2. The number of nitrogens with two attached hydrogens (primary N) is 1. The molecule has 0 saturated carbocycles. The van der Waals surface area contributed by atoms with E-state index in [4.69, 9.17) is 5.73 Å². The van der Waals surface area contributed by atoms with Crippen LogP contribution in [-0.4, -0.2) is 17.7 Å². The molecule has 0 aliphatic carbocycles. The van der Waals surface area contributed by atoms with Crippen LogP contribution in [0.3, 0.4) is 0 Å². The molecule has 0 bridgehead atoms. The molecular formula is C30H43N3O. The van der Waals surface area contributed by atoms with Gasteiger partial charge in [-0.15, -0.1) is 25.7 Å². The van der Waals surface area contributed by atoms with Crippen LogP contribution < -0.4 is 11.1 Å². The Morgan fingerprint density at radius 3 is 2.15 bits per heavy atom. The molecule has 4 nitrogen and oxygen atoms in total. The number of ketones is 1. The second-order valence-corrected chi connectivity index (χ2v) is 9.16. The van der Waals surface area contributed by atoms with Crippen molar-refractivity contribution in [1.82, 2.24) is 10.2 Å². The number of carbonyl (C=O) groups is 1. The number of nitrogens with zero attached hydrogens (tertiary/aromatic N) is 1. The van der Waals surface area contributed by atoms with Crippen molar-refractivity contribution in [2.45, 2.75) is 60.9 Å². The molecule has 0 spiro atoms. The molecule has 4 heteroatoms. The summed E-state index contributed by atoms with van der Waals surface area (Å²) in [6.45, 7) is 21.3. The highest BCUT2D eigenvalue weighted by atomic mass is 16.1. The van der Waals surface area contributed by atoms with E-state index in [0.717, 1.165) is 17.8 Å². The Bertz CT molecular complexity index is 931. The normalized spacial score (nSPS) is 11.1. The van der Waals surface area contributed by atoms with Crippen molar-refractivity contribution >= 4 is 11.4 Å². The van der Waals surface area contributed by atoms with E-state index in [1.54, 1.807) is 11.8 Å². The van der Waals surface area contributed by atoms with E-state index in [1.165, 1.54) is 28.5 Å². The van der Waals surface area contributed by atoms with Gasteiger partial charge in [-0.1, -0.05) is 58.2 Å². The number of terminal acetylenes is 2. The molecule has 1 aromatic carbocycles. The van der Waals surface area contributed by atoms with E-state index < -0.39 is 0 Å². The maximum atomic E-state index is 12.0. The number of nitrogens with one attached hydrogen (secondary N) is 1. The minimum Gasteiger partial charge on any atom is -0.403 e. The minimum absolute atomic E-state index is 0.00630. The van der Waals surface area contributed by atoms with Gasteiger partial charge in [0.05, 0.1) is 5.70 Å². The van der Waals surface area contributed by atoms with Gasteiger partial charge < -0.3 is 16.0 Å². The number of likely N-dealkylation sites (N-methyl/N-ethyl adjacent to an activating group) is 1. The van der Waals surface area contributed by atoms with Crippen molar-refractivity contribution in [3.8, 4) is 25.7 Å². The summed E-state index contributed by atoms with van der Waals surface area (Å²) in [4.78, 5) is 13.8. The zero-order valence-electron chi connectivity index (χ0n) is 22.2. The van der Waals surface area contributed by atoms with Crippen molar-refractivity contribution < 1.29 is 4.79 Å². The van der Waals surface area contributed by atoms with Crippen LogP contribution in [0.25, 0.3) is 5.57 Å². The summed E-state index contributed by atoms with van der Waals surface area (Å²) in [5.74, 6) is -0.00630. The average molecular weight is 462 g/mol. The molecule has 0 aromatic heterocycles. The Balaban J connectivity index is 0. The molecule has 1 aromatic rings. The lowest BCUT2D eigenvalue weighted by Crippen LogP contribution is -2.21. The van der Waals surface area contributed by atoms with Crippen molar-refractivity contribution in [3.63, 3.8) is 0 Å². The standard InChI is InChI=1S/C26H39N3O.2C2H2/c1-18-14-23(11-12-24(18)19(2)15-26(6,7)8)17-28-20(3)10-13-25(22(5)30)29(9)21(4)16-27;2*1-2/h11-14,16,28H,2-3,10,15,17,27H2,1,4-9H3;2*1-2H/b21-16-,25-13-;;. The molecular weight excluding hydrogens is 418 g/mol. The predicted octanol–water partition coefficient (Wildman–Crippen LogP) is 6.16. The summed E-state index contributed by atoms with van der Waals surface area (Å²) in [5.41, 5.74) is 12.9. The van der Waals surface area contributed by atoms with Crippen LogP contribution in [0.2, 0.25) is 0 Å². The van der Waals surface area contributed by atoms with Crippen LogP contribution in [0.15, 0.2) is 60.7 Å². The van der Waals surface area contributed by atoms with E-state index in [9.17, 15) is 4.79 Å². The van der Waals surface area contributed by atoms with Crippen LogP contribution in [0.4, 0.5) is 0 Å². The molecule has 0 atom stereocenters. The summed E-state index contributed by atoms with van der Waals surface area (Å²) >= 11 is 0. The van der Waals surface area contributed by atoms with E-state index in [0.29, 0.717) is 18.7 Å². The molecule has 184 valence electrons. The van der Waals surface area contributed by atoms with Gasteiger partial charge in [0.1, 0.15) is 0 Å². The summed E-state index contributed by atoms with van der Waals surface area (Å²) in [6, 6.07) is 6.49. The van der Waals surface area contributed by atoms with Gasteiger partial charge in [-0.05, 0) is 47.9 Å². The van der Waals surface area contributed by atoms with Crippen molar-refractivity contribution in [2.24, 2.45) is 11.1 Å². The first kappa shape index (κ1) is 32.5. The predicted molar refractivity (Wildman–Crippen MR) is 149 cm³/mol. The van der Waals surface area contributed by atoms with E-state index >= 15 is 0 Å². The molecule has 3 N–H and O–H groups in total. The molecule has 0 aliphatic rings. The van der Waals surface area contributed by atoms with Crippen LogP contribution in [0.5, 0.6) is 0 Å². The number of rotatable bonds is 10. The Labute approximate surface area is 208 Å². The maximum Gasteiger partial charge on any atom is 0.175 e. The monoisotopic (exact) mass is 461 g/mol. The molecule has 0 heterocycles. The second kappa shape index (κ2) is 16.1. The van der Waals surface area contributed by atoms with Crippen LogP contribution >= 0.6 is 0 Å². The van der Waals surface area contributed by atoms with Gasteiger partial charge in [0, 0.05) is 44.5 Å². The molecule has 0 fully saturated rings. The first-order chi connectivity index (χ1) is 15.9. The van der Waals surface area contributed by atoms with Gasteiger partial charge in [-0.3, -0.25) is 4.79 Å². The molecule has 34 heavy (non-hydrogen) atoms. The third-order valence-corrected chi connectivity index (χ3v) is 4.99. The highest BCUT2D eigenvalue weighted by Crippen LogP contribution is 2.30. The van der Waals surface area contributed by atoms with Gasteiger partial charge in [0.15, 0.2) is 5.78 Å². The van der Waals surface area contributed by atoms with E-state index in [2.05, 4.69) is 90.1 Å². The second-order valence-electron chi connectivity index (χ2n) is 9.16. The van der Waals surface area contributed by atoms with Gasteiger partial charge in [0.2, 0.25) is 0 Å². The summed E-state index contributed by atoms with van der Waals surface area (Å²) in [5, 5.41) is 3.36. The number of hydrogen-bond acceptors (Lipinski definition) is 4. The fourth-order valence-corrected chi connectivity index (χ4v) is 3.31. The molecule has 0 aliphatic heterocycles. The Morgan fingerprint density at radius 2 is 1.71 bits per heavy atom. The lowest BCUT2D eigenvalue weighted by atomic mass is 9.84. The number of allylic oxidation sites excluding steroid dienone is 4. The number of benzene rings is 1. The maximum absolute atomic E-state index is 12.0. The average Bonchev–Trinajstić information content (AvgIpc) is 2.78. The smallest absolute Gasteiger partial charge is 0.175 e. The summed E-state index contributed by atoms with van der Waals surface area (Å²) in [6.07, 6.45) is 20.9. The number of carbonyl (C=O) groups excluding carboxylic acids is 1. The third-order valence-electron chi connectivity index (χ3n) is 4.99. The summed E-state index contributed by atoms with van der Waals surface area (Å²) in [7, 11) is 1.83. The number of hydrogen-bond donors (Lipinski definition) is 2. The van der Waals surface area contributed by atoms with Crippen molar-refractivity contribution in [3.05, 3.63) is 77.4 Å². The first-order valence-corrected chi connectivity index (χ1v) is 11.0. The van der Waals surface area contributed by atoms with E-state index in [-0.39, 0.29) is 11.2 Å². The van der Waals surface area contributed by atoms with Gasteiger partial charge in [-0.2, -0.15) is 0 Å². The van der Waals surface area contributed by atoms with E-state index in [1.807, 2.05) is 20.0 Å². The van der Waals surface area contributed by atoms with Crippen LogP contribution in [0.1, 0.15) is 64.2 Å². The SMILES string of the molecule is C#C.C#C.C=C(C/C=C(/C(C)=O)N(C)/C(C)=C\N)NCc1ccc(C(=C)CC(C)(C)C)c(C)c1. The summed E-state index contributed by atoms with van der Waals surface area (Å²) < 4.78 is 0. The lowest BCUT2D eigenvalue weighted by Gasteiger charge is -2.22. The number of Topliss-reactive ketones (excluding diaryl/α,β-unsaturated/α-hetero) is 1. The van der Waals surface area contributed by atoms with Crippen molar-refractivity contribution in [2.75, 3.05) is 7.05 Å². The molecule has 0 unspecified atom stereocenters. The van der Waals surface area contributed by atoms with Crippen LogP contribution in [0, 0.1) is 38.0 Å². The van der Waals surface area contributed by atoms with Crippen LogP contribution in [-0.2, 0) is 11.3 Å². The van der Waals surface area contributed by atoms with Gasteiger partial charge >= 0.3 is 0 Å². The first-order valence-electron chi connectivity index (χ1n) is 11.0. The Hall–Kier alpha value is -3.63. The Kier molecular flexibility index (Phi) is 15.4.